The summed E-state index contributed by atoms with van der Waals surface area (Å²) in [7, 11) is 1.71. The molecule has 1 saturated heterocycles. The highest BCUT2D eigenvalue weighted by Crippen LogP contribution is 2.36. The lowest BCUT2D eigenvalue weighted by molar-refractivity contribution is -0.0852. The number of ether oxygens (including phenoxy) is 4. The number of hydrogen-bond acceptors (Lipinski definition) is 11. The summed E-state index contributed by atoms with van der Waals surface area (Å²) in [5, 5.41) is 13.0. The fourth-order valence-electron chi connectivity index (χ4n) is 6.93. The zero-order chi connectivity index (χ0) is 35.3. The number of morpholine rings is 1. The van der Waals surface area contributed by atoms with Crippen LogP contribution in [0.3, 0.4) is 0 Å². The van der Waals surface area contributed by atoms with Crippen molar-refractivity contribution >= 4 is 23.2 Å². The first-order valence-corrected chi connectivity index (χ1v) is 17.9. The van der Waals surface area contributed by atoms with E-state index in [1.54, 1.807) is 30.5 Å². The van der Waals surface area contributed by atoms with Crippen LogP contribution in [0.2, 0.25) is 5.02 Å². The maximum Gasteiger partial charge on any atom is 0.256 e. The van der Waals surface area contributed by atoms with Gasteiger partial charge in [-0.05, 0) is 64.2 Å². The van der Waals surface area contributed by atoms with Crippen LogP contribution in [0.4, 0.5) is 11.6 Å². The molecule has 270 valence electrons. The molecule has 4 heterocycles. The van der Waals surface area contributed by atoms with Gasteiger partial charge < -0.3 is 24.3 Å². The van der Waals surface area contributed by atoms with Crippen LogP contribution in [0.5, 0.6) is 11.6 Å². The lowest BCUT2D eigenvalue weighted by atomic mass is 9.89. The van der Waals surface area contributed by atoms with Gasteiger partial charge in [0, 0.05) is 49.6 Å². The van der Waals surface area contributed by atoms with E-state index in [1.165, 1.54) is 6.33 Å². The van der Waals surface area contributed by atoms with Crippen molar-refractivity contribution in [1.29, 1.82) is 0 Å². The van der Waals surface area contributed by atoms with Gasteiger partial charge in [-0.1, -0.05) is 31.5 Å². The third kappa shape index (κ3) is 9.30. The Morgan fingerprint density at radius 1 is 1.02 bits per heavy atom. The standard InChI is InChI=1S/C36H50ClN9O4/c1-24-16-44(17-25(2)49-24)29-8-10-30(11-9-29)46-19-32(34(43-46)48-21-36(4,5)20-47-6)42-35-39-14-28(15-40-35)27-7-12-31(37)33(13-27)50-26(3)18-45-23-38-22-41-45/h7,12-15,19,22-26,29-30H,8-11,16-18,20-21H2,1-6H3,(H,39,40,42)/t24-,25+,26-,29-,30-/m0/s1. The summed E-state index contributed by atoms with van der Waals surface area (Å²) in [6, 6.07) is 6.51. The van der Waals surface area contributed by atoms with Gasteiger partial charge in [0.1, 0.15) is 30.2 Å². The second-order valence-electron chi connectivity index (χ2n) is 14.5. The number of nitrogens with one attached hydrogen (secondary N) is 1. The Morgan fingerprint density at radius 3 is 2.42 bits per heavy atom. The predicted octanol–water partition coefficient (Wildman–Crippen LogP) is 6.44. The molecule has 1 N–H and O–H groups in total. The fourth-order valence-corrected chi connectivity index (χ4v) is 7.10. The Hall–Kier alpha value is -3.78. The van der Waals surface area contributed by atoms with Crippen LogP contribution in [0.25, 0.3) is 11.1 Å². The monoisotopic (exact) mass is 707 g/mol. The molecule has 0 spiro atoms. The molecule has 2 aliphatic rings. The summed E-state index contributed by atoms with van der Waals surface area (Å²) in [5.74, 6) is 1.55. The highest BCUT2D eigenvalue weighted by molar-refractivity contribution is 6.32. The number of rotatable bonds is 14. The highest BCUT2D eigenvalue weighted by atomic mass is 35.5. The minimum Gasteiger partial charge on any atom is -0.487 e. The van der Waals surface area contributed by atoms with Gasteiger partial charge >= 0.3 is 0 Å². The molecule has 1 saturated carbocycles. The maximum absolute atomic E-state index is 6.49. The Morgan fingerprint density at radius 2 is 1.74 bits per heavy atom. The molecular weight excluding hydrogens is 658 g/mol. The molecule has 0 amide bonds. The first-order valence-electron chi connectivity index (χ1n) is 17.5. The van der Waals surface area contributed by atoms with Crippen LogP contribution in [0, 0.1) is 5.41 Å². The molecule has 0 radical (unpaired) electrons. The maximum atomic E-state index is 6.49. The minimum atomic E-state index is -0.187. The summed E-state index contributed by atoms with van der Waals surface area (Å²) in [6.07, 6.45) is 13.5. The van der Waals surface area contributed by atoms with Crippen molar-refractivity contribution in [2.75, 3.05) is 38.7 Å². The van der Waals surface area contributed by atoms with Crippen molar-refractivity contribution in [3.8, 4) is 22.8 Å². The second kappa shape index (κ2) is 16.1. The van der Waals surface area contributed by atoms with Crippen LogP contribution in [0.15, 0.2) is 49.4 Å². The van der Waals surface area contributed by atoms with Crippen LogP contribution < -0.4 is 14.8 Å². The molecule has 1 aromatic carbocycles. The number of aromatic nitrogens is 7. The van der Waals surface area contributed by atoms with E-state index in [9.17, 15) is 0 Å². The van der Waals surface area contributed by atoms with E-state index in [1.807, 2.05) is 31.3 Å². The molecule has 0 bridgehead atoms. The van der Waals surface area contributed by atoms with Crippen molar-refractivity contribution in [3.63, 3.8) is 0 Å². The van der Waals surface area contributed by atoms with Gasteiger partial charge in [0.15, 0.2) is 0 Å². The predicted molar refractivity (Wildman–Crippen MR) is 192 cm³/mol. The Bertz CT molecular complexity index is 1650. The minimum absolute atomic E-state index is 0.169. The van der Waals surface area contributed by atoms with Crippen molar-refractivity contribution in [1.82, 2.24) is 39.4 Å². The molecule has 0 unspecified atom stereocenters. The highest BCUT2D eigenvalue weighted by Gasteiger charge is 2.32. The van der Waals surface area contributed by atoms with E-state index in [4.69, 9.17) is 35.6 Å². The molecule has 2 fully saturated rings. The molecule has 3 aromatic heterocycles. The molecular formula is C36H50ClN9O4. The Kier molecular flexibility index (Phi) is 11.6. The fraction of sp³-hybridized carbons (Fsp3) is 0.583. The number of benzene rings is 1. The lowest BCUT2D eigenvalue weighted by Crippen LogP contribution is -2.51. The third-order valence-electron chi connectivity index (χ3n) is 9.24. The first-order chi connectivity index (χ1) is 24.0. The van der Waals surface area contributed by atoms with E-state index in [-0.39, 0.29) is 29.8 Å². The molecule has 4 aromatic rings. The van der Waals surface area contributed by atoms with Gasteiger partial charge in [-0.2, -0.15) is 5.10 Å². The molecule has 50 heavy (non-hydrogen) atoms. The van der Waals surface area contributed by atoms with E-state index in [0.717, 1.165) is 55.6 Å². The summed E-state index contributed by atoms with van der Waals surface area (Å²) in [5.41, 5.74) is 2.26. The smallest absolute Gasteiger partial charge is 0.256 e. The Labute approximate surface area is 299 Å². The van der Waals surface area contributed by atoms with E-state index >= 15 is 0 Å². The quantitative estimate of drug-likeness (QED) is 0.156. The van der Waals surface area contributed by atoms with E-state index in [2.05, 4.69) is 62.6 Å². The number of halogens is 1. The average molecular weight is 708 g/mol. The molecule has 13 nitrogen and oxygen atoms in total. The van der Waals surface area contributed by atoms with Crippen molar-refractivity contribution in [2.24, 2.45) is 5.41 Å². The normalized spacial score (nSPS) is 22.3. The van der Waals surface area contributed by atoms with Gasteiger partial charge in [-0.3, -0.25) is 9.58 Å². The van der Waals surface area contributed by atoms with E-state index in [0.29, 0.717) is 48.4 Å². The second-order valence-corrected chi connectivity index (χ2v) is 14.9. The molecule has 6 rings (SSSR count). The zero-order valence-corrected chi connectivity index (χ0v) is 30.7. The third-order valence-corrected chi connectivity index (χ3v) is 9.55. The molecule has 1 aliphatic carbocycles. The number of nitrogens with zero attached hydrogens (tertiary/aromatic N) is 8. The Balaban J connectivity index is 1.14. The number of methoxy groups -OCH3 is 1. The van der Waals surface area contributed by atoms with Gasteiger partial charge in [-0.15, -0.1) is 5.10 Å². The van der Waals surface area contributed by atoms with Gasteiger partial charge in [-0.25, -0.2) is 19.6 Å². The zero-order valence-electron chi connectivity index (χ0n) is 30.0. The molecule has 14 heteroatoms. The summed E-state index contributed by atoms with van der Waals surface area (Å²) < 4.78 is 27.7. The summed E-state index contributed by atoms with van der Waals surface area (Å²) >= 11 is 6.49. The SMILES string of the molecule is COCC(C)(C)COc1nn([C@H]2CC[C@H](N3C[C@@H](C)O[C@@H](C)C3)CC2)cc1Nc1ncc(-c2ccc(Cl)c(O[C@@H](C)Cn3cncn3)c2)cn1. The summed E-state index contributed by atoms with van der Waals surface area (Å²) in [6.45, 7) is 14.1. The van der Waals surface area contributed by atoms with Gasteiger partial charge in [0.2, 0.25) is 5.95 Å². The number of hydrogen-bond donors (Lipinski definition) is 1. The average Bonchev–Trinajstić information content (AvgIpc) is 3.75. The molecule has 3 atom stereocenters. The van der Waals surface area contributed by atoms with Crippen LogP contribution in [0.1, 0.15) is 66.3 Å². The summed E-state index contributed by atoms with van der Waals surface area (Å²) in [4.78, 5) is 15.9. The van der Waals surface area contributed by atoms with Gasteiger partial charge in [0.25, 0.3) is 5.88 Å². The lowest BCUT2D eigenvalue weighted by Gasteiger charge is -2.42. The molecule has 1 aliphatic heterocycles. The van der Waals surface area contributed by atoms with Crippen molar-refractivity contribution in [3.05, 3.63) is 54.5 Å². The first kappa shape index (κ1) is 36.0. The van der Waals surface area contributed by atoms with E-state index < -0.39 is 0 Å². The number of anilines is 2. The van der Waals surface area contributed by atoms with Crippen molar-refractivity contribution < 1.29 is 18.9 Å². The van der Waals surface area contributed by atoms with Crippen LogP contribution in [-0.4, -0.2) is 97.2 Å². The van der Waals surface area contributed by atoms with Crippen LogP contribution in [-0.2, 0) is 16.0 Å². The van der Waals surface area contributed by atoms with Crippen molar-refractivity contribution in [2.45, 2.75) is 97.2 Å². The van der Waals surface area contributed by atoms with Gasteiger partial charge in [0.05, 0.1) is 49.2 Å². The van der Waals surface area contributed by atoms with Crippen LogP contribution >= 0.6 is 11.6 Å². The topological polar surface area (TPSA) is 127 Å². The largest absolute Gasteiger partial charge is 0.487 e.